The molecule has 1 amide bonds. The summed E-state index contributed by atoms with van der Waals surface area (Å²) in [6, 6.07) is 1.25. The lowest BCUT2D eigenvalue weighted by Gasteiger charge is -2.31. The molecule has 0 radical (unpaired) electrons. The molecule has 0 aromatic carbocycles. The third kappa shape index (κ3) is 2.67. The van der Waals surface area contributed by atoms with Gasteiger partial charge in [-0.1, -0.05) is 0 Å². The van der Waals surface area contributed by atoms with Gasteiger partial charge in [-0.2, -0.15) is 0 Å². The smallest absolute Gasteiger partial charge is 0.326 e. The molecule has 1 aliphatic rings. The molecule has 1 aliphatic heterocycles. The highest BCUT2D eigenvalue weighted by atomic mass is 16.2. The largest absolute Gasteiger partial charge is 0.337 e. The number of rotatable bonds is 2. The first-order chi connectivity index (χ1) is 8.58. The molecule has 0 atom stereocenters. The molecule has 0 bridgehead atoms. The number of nitrogens with zero attached hydrogens (tertiary/aromatic N) is 1. The van der Waals surface area contributed by atoms with Gasteiger partial charge < -0.3 is 15.2 Å². The minimum absolute atomic E-state index is 0.0322. The van der Waals surface area contributed by atoms with Gasteiger partial charge in [0.15, 0.2) is 0 Å². The second-order valence-corrected chi connectivity index (χ2v) is 4.40. The van der Waals surface area contributed by atoms with Crippen LogP contribution in [0.5, 0.6) is 0 Å². The number of piperidine rings is 1. The minimum Gasteiger partial charge on any atom is -0.337 e. The Bertz CT molecular complexity index is 513. The third-order valence-corrected chi connectivity index (χ3v) is 3.17. The van der Waals surface area contributed by atoms with Gasteiger partial charge in [-0.25, -0.2) is 4.79 Å². The van der Waals surface area contributed by atoms with Gasteiger partial charge in [0.05, 0.1) is 0 Å². The molecule has 7 nitrogen and oxygen atoms in total. The van der Waals surface area contributed by atoms with Crippen molar-refractivity contribution >= 4 is 5.91 Å². The zero-order valence-electron chi connectivity index (χ0n) is 10.2. The Morgan fingerprint density at radius 2 is 1.94 bits per heavy atom. The van der Waals surface area contributed by atoms with Gasteiger partial charge in [-0.05, 0) is 25.9 Å². The van der Waals surface area contributed by atoms with E-state index in [-0.39, 0.29) is 17.6 Å². The first-order valence-corrected chi connectivity index (χ1v) is 5.89. The van der Waals surface area contributed by atoms with Crippen LogP contribution >= 0.6 is 0 Å². The summed E-state index contributed by atoms with van der Waals surface area (Å²) in [5.74, 6) is -0.329. The Labute approximate surface area is 103 Å². The Hall–Kier alpha value is -1.89. The van der Waals surface area contributed by atoms with Crippen molar-refractivity contribution in [3.05, 3.63) is 32.6 Å². The maximum absolute atomic E-state index is 12.1. The maximum Gasteiger partial charge on any atom is 0.326 e. The van der Waals surface area contributed by atoms with Crippen LogP contribution in [-0.2, 0) is 0 Å². The highest BCUT2D eigenvalue weighted by Gasteiger charge is 2.23. The fourth-order valence-corrected chi connectivity index (χ4v) is 2.13. The molecule has 1 aromatic heterocycles. The van der Waals surface area contributed by atoms with E-state index < -0.39 is 11.2 Å². The maximum atomic E-state index is 12.1. The summed E-state index contributed by atoms with van der Waals surface area (Å²) < 4.78 is 0. The number of carbonyl (C=O) groups excluding carboxylic acids is 1. The van der Waals surface area contributed by atoms with Crippen LogP contribution in [-0.4, -0.2) is 47.0 Å². The Morgan fingerprint density at radius 1 is 1.28 bits per heavy atom. The standard InChI is InChI=1S/C11H16N4O3/c1-15(7-2-4-12-5-3-7)10(17)8-6-9(16)14-11(18)13-8/h6-7,12H,2-5H2,1H3,(H2,13,14,16,18). The summed E-state index contributed by atoms with van der Waals surface area (Å²) in [5.41, 5.74) is -1.20. The lowest BCUT2D eigenvalue weighted by molar-refractivity contribution is 0.0696. The lowest BCUT2D eigenvalue weighted by Crippen LogP contribution is -2.44. The third-order valence-electron chi connectivity index (χ3n) is 3.17. The van der Waals surface area contributed by atoms with Crippen molar-refractivity contribution < 1.29 is 4.79 Å². The quantitative estimate of drug-likeness (QED) is 0.621. The molecular weight excluding hydrogens is 236 g/mol. The number of aromatic amines is 2. The van der Waals surface area contributed by atoms with Gasteiger partial charge in [0.2, 0.25) is 0 Å². The van der Waals surface area contributed by atoms with Crippen LogP contribution in [0.2, 0.25) is 0 Å². The van der Waals surface area contributed by atoms with E-state index in [1.807, 2.05) is 4.98 Å². The van der Waals surface area contributed by atoms with Gasteiger partial charge in [-0.3, -0.25) is 14.6 Å². The lowest BCUT2D eigenvalue weighted by atomic mass is 10.1. The van der Waals surface area contributed by atoms with Crippen LogP contribution in [0.3, 0.4) is 0 Å². The van der Waals surface area contributed by atoms with Crippen LogP contribution in [0.15, 0.2) is 15.7 Å². The highest BCUT2D eigenvalue weighted by Crippen LogP contribution is 2.11. The van der Waals surface area contributed by atoms with Gasteiger partial charge in [0, 0.05) is 19.2 Å². The zero-order valence-corrected chi connectivity index (χ0v) is 10.2. The van der Waals surface area contributed by atoms with E-state index in [1.54, 1.807) is 11.9 Å². The Kier molecular flexibility index (Phi) is 3.61. The van der Waals surface area contributed by atoms with Crippen LogP contribution in [0.4, 0.5) is 0 Å². The van der Waals surface area contributed by atoms with E-state index in [0.717, 1.165) is 32.0 Å². The predicted octanol–water partition coefficient (Wildman–Crippen LogP) is -1.11. The molecular formula is C11H16N4O3. The predicted molar refractivity (Wildman–Crippen MR) is 65.7 cm³/mol. The molecule has 18 heavy (non-hydrogen) atoms. The molecule has 98 valence electrons. The van der Waals surface area contributed by atoms with Gasteiger partial charge >= 0.3 is 5.69 Å². The fourth-order valence-electron chi connectivity index (χ4n) is 2.13. The van der Waals surface area contributed by atoms with Crippen molar-refractivity contribution in [2.75, 3.05) is 20.1 Å². The number of aromatic nitrogens is 2. The van der Waals surface area contributed by atoms with Crippen molar-refractivity contribution in [1.82, 2.24) is 20.2 Å². The van der Waals surface area contributed by atoms with Crippen LogP contribution in [0.25, 0.3) is 0 Å². The topological polar surface area (TPSA) is 98.1 Å². The van der Waals surface area contributed by atoms with Crippen LogP contribution < -0.4 is 16.6 Å². The number of amides is 1. The second-order valence-electron chi connectivity index (χ2n) is 4.40. The summed E-state index contributed by atoms with van der Waals surface area (Å²) in [6.45, 7) is 1.74. The van der Waals surface area contributed by atoms with E-state index in [9.17, 15) is 14.4 Å². The molecule has 0 spiro atoms. The van der Waals surface area contributed by atoms with E-state index in [1.165, 1.54) is 0 Å². The average Bonchev–Trinajstić information content (AvgIpc) is 2.37. The molecule has 2 heterocycles. The Morgan fingerprint density at radius 3 is 2.56 bits per heavy atom. The summed E-state index contributed by atoms with van der Waals surface area (Å²) in [7, 11) is 1.69. The zero-order chi connectivity index (χ0) is 13.1. The van der Waals surface area contributed by atoms with E-state index in [2.05, 4.69) is 10.3 Å². The number of carbonyl (C=O) groups is 1. The number of hydrogen-bond acceptors (Lipinski definition) is 4. The first kappa shape index (κ1) is 12.6. The van der Waals surface area contributed by atoms with E-state index in [4.69, 9.17) is 0 Å². The van der Waals surface area contributed by atoms with Crippen molar-refractivity contribution in [2.24, 2.45) is 0 Å². The second kappa shape index (κ2) is 5.18. The van der Waals surface area contributed by atoms with Crippen LogP contribution in [0.1, 0.15) is 23.3 Å². The summed E-state index contributed by atoms with van der Waals surface area (Å²) in [5, 5.41) is 3.22. The minimum atomic E-state index is -0.662. The molecule has 2 rings (SSSR count). The molecule has 0 saturated carbocycles. The van der Waals surface area contributed by atoms with Crippen LogP contribution in [0, 0.1) is 0 Å². The number of nitrogens with one attached hydrogen (secondary N) is 3. The monoisotopic (exact) mass is 252 g/mol. The normalized spacial score (nSPS) is 16.5. The van der Waals surface area contributed by atoms with Crippen molar-refractivity contribution in [1.29, 1.82) is 0 Å². The number of H-pyrrole nitrogens is 2. The molecule has 1 saturated heterocycles. The van der Waals surface area contributed by atoms with Crippen molar-refractivity contribution in [3.8, 4) is 0 Å². The molecule has 7 heteroatoms. The SMILES string of the molecule is CN(C(=O)c1cc(=O)[nH]c(=O)[nH]1)C1CCNCC1. The summed E-state index contributed by atoms with van der Waals surface area (Å²) in [4.78, 5) is 40.4. The van der Waals surface area contributed by atoms with Gasteiger partial charge in [-0.15, -0.1) is 0 Å². The van der Waals surface area contributed by atoms with Crippen molar-refractivity contribution in [2.45, 2.75) is 18.9 Å². The van der Waals surface area contributed by atoms with E-state index in [0.29, 0.717) is 0 Å². The summed E-state index contributed by atoms with van der Waals surface area (Å²) >= 11 is 0. The average molecular weight is 252 g/mol. The fraction of sp³-hybridized carbons (Fsp3) is 0.545. The molecule has 0 aliphatic carbocycles. The molecule has 0 unspecified atom stereocenters. The molecule has 1 aromatic rings. The molecule has 3 N–H and O–H groups in total. The van der Waals surface area contributed by atoms with Gasteiger partial charge in [0.1, 0.15) is 5.69 Å². The number of hydrogen-bond donors (Lipinski definition) is 3. The van der Waals surface area contributed by atoms with Crippen molar-refractivity contribution in [3.63, 3.8) is 0 Å². The van der Waals surface area contributed by atoms with Gasteiger partial charge in [0.25, 0.3) is 11.5 Å². The van der Waals surface area contributed by atoms with E-state index >= 15 is 0 Å². The first-order valence-electron chi connectivity index (χ1n) is 5.89. The highest BCUT2D eigenvalue weighted by molar-refractivity contribution is 5.92. The summed E-state index contributed by atoms with van der Waals surface area (Å²) in [6.07, 6.45) is 1.74. The Balaban J connectivity index is 2.19. The molecule has 1 fully saturated rings.